The van der Waals surface area contributed by atoms with E-state index in [2.05, 4.69) is 39.2 Å². The molecule has 1 amide bonds. The lowest BCUT2D eigenvalue weighted by Crippen LogP contribution is -2.39. The van der Waals surface area contributed by atoms with E-state index in [9.17, 15) is 4.79 Å². The van der Waals surface area contributed by atoms with E-state index in [0.717, 1.165) is 48.8 Å². The van der Waals surface area contributed by atoms with Crippen LogP contribution in [0.3, 0.4) is 0 Å². The molecule has 158 valence electrons. The largest absolute Gasteiger partial charge is 0.356 e. The fraction of sp³-hybridized carbons (Fsp3) is 0.348. The second-order valence-corrected chi connectivity index (χ2v) is 7.48. The molecule has 1 aromatic carbocycles. The van der Waals surface area contributed by atoms with Gasteiger partial charge in [0.15, 0.2) is 5.96 Å². The number of fused-ring (bicyclic) bond motifs is 1. The molecule has 0 fully saturated rings. The van der Waals surface area contributed by atoms with Crippen LogP contribution in [0.4, 0.5) is 0 Å². The molecule has 0 aliphatic rings. The maximum Gasteiger partial charge on any atom is 0.253 e. The summed E-state index contributed by atoms with van der Waals surface area (Å²) < 4.78 is 2.06. The van der Waals surface area contributed by atoms with Crippen LogP contribution in [-0.2, 0) is 12.8 Å². The number of hydrogen-bond acceptors (Lipinski definition) is 3. The number of nitrogens with zero attached hydrogens (tertiary/aromatic N) is 4. The van der Waals surface area contributed by atoms with Crippen molar-refractivity contribution in [1.82, 2.24) is 24.9 Å². The van der Waals surface area contributed by atoms with Crippen molar-refractivity contribution in [1.29, 1.82) is 0 Å². The summed E-state index contributed by atoms with van der Waals surface area (Å²) in [7, 11) is 5.29. The molecule has 0 bridgehead atoms. The van der Waals surface area contributed by atoms with Crippen molar-refractivity contribution >= 4 is 17.5 Å². The molecule has 2 aromatic heterocycles. The van der Waals surface area contributed by atoms with Gasteiger partial charge in [-0.05, 0) is 42.7 Å². The minimum atomic E-state index is 0.0180. The van der Waals surface area contributed by atoms with Crippen molar-refractivity contribution in [2.24, 2.45) is 4.99 Å². The molecule has 30 heavy (non-hydrogen) atoms. The number of hydrogen-bond donors (Lipinski definition) is 2. The lowest BCUT2D eigenvalue weighted by atomic mass is 10.1. The third kappa shape index (κ3) is 5.37. The van der Waals surface area contributed by atoms with Crippen LogP contribution in [-0.4, -0.2) is 60.4 Å². The zero-order valence-electron chi connectivity index (χ0n) is 18.1. The minimum Gasteiger partial charge on any atom is -0.356 e. The lowest BCUT2D eigenvalue weighted by molar-refractivity contribution is 0.0827. The first-order chi connectivity index (χ1) is 14.5. The number of imidazole rings is 1. The molecule has 7 nitrogen and oxygen atoms in total. The van der Waals surface area contributed by atoms with Crippen LogP contribution >= 0.6 is 0 Å². The summed E-state index contributed by atoms with van der Waals surface area (Å²) in [5, 5.41) is 6.67. The first-order valence-corrected chi connectivity index (χ1v) is 10.2. The fourth-order valence-corrected chi connectivity index (χ4v) is 3.30. The third-order valence-corrected chi connectivity index (χ3v) is 4.91. The molecular weight excluding hydrogens is 376 g/mol. The Hall–Kier alpha value is -3.35. The smallest absolute Gasteiger partial charge is 0.253 e. The highest BCUT2D eigenvalue weighted by Crippen LogP contribution is 2.10. The summed E-state index contributed by atoms with van der Waals surface area (Å²) in [5.74, 6) is 0.778. The van der Waals surface area contributed by atoms with Crippen LogP contribution in [0, 0.1) is 6.92 Å². The molecule has 0 saturated heterocycles. The number of aliphatic imine (C=N–C) groups is 1. The summed E-state index contributed by atoms with van der Waals surface area (Å²) in [6, 6.07) is 11.9. The summed E-state index contributed by atoms with van der Waals surface area (Å²) >= 11 is 0. The predicted molar refractivity (Wildman–Crippen MR) is 121 cm³/mol. The van der Waals surface area contributed by atoms with Crippen LogP contribution in [0.15, 0.2) is 53.8 Å². The zero-order chi connectivity index (χ0) is 21.5. The molecule has 7 heteroatoms. The Kier molecular flexibility index (Phi) is 7.06. The monoisotopic (exact) mass is 406 g/mol. The molecule has 2 N–H and O–H groups in total. The quantitative estimate of drug-likeness (QED) is 0.466. The van der Waals surface area contributed by atoms with Crippen molar-refractivity contribution < 1.29 is 4.79 Å². The Morgan fingerprint density at radius 2 is 1.90 bits per heavy atom. The minimum absolute atomic E-state index is 0.0180. The number of aryl methyl sites for hydroxylation is 1. The summed E-state index contributed by atoms with van der Waals surface area (Å²) in [6.45, 7) is 3.55. The second-order valence-electron chi connectivity index (χ2n) is 7.48. The van der Waals surface area contributed by atoms with Gasteiger partial charge in [-0.25, -0.2) is 4.98 Å². The van der Waals surface area contributed by atoms with Gasteiger partial charge in [0.25, 0.3) is 5.91 Å². The highest BCUT2D eigenvalue weighted by atomic mass is 16.2. The van der Waals surface area contributed by atoms with E-state index >= 15 is 0 Å². The highest BCUT2D eigenvalue weighted by Gasteiger charge is 2.08. The van der Waals surface area contributed by atoms with Crippen molar-refractivity contribution in [3.8, 4) is 0 Å². The maximum atomic E-state index is 12.1. The number of guanidine groups is 1. The average Bonchev–Trinajstić information content (AvgIpc) is 3.16. The van der Waals surface area contributed by atoms with Gasteiger partial charge in [0.2, 0.25) is 0 Å². The third-order valence-electron chi connectivity index (χ3n) is 4.91. The maximum absolute atomic E-state index is 12.1. The number of nitrogens with one attached hydrogen (secondary N) is 2. The fourth-order valence-electron chi connectivity index (χ4n) is 3.30. The Balaban J connectivity index is 1.46. The van der Waals surface area contributed by atoms with E-state index in [4.69, 9.17) is 4.98 Å². The molecule has 3 rings (SSSR count). The normalized spacial score (nSPS) is 11.5. The SMILES string of the molecule is CN=C(NCCc1cccc(C(=O)N(C)C)c1)NCCc1cn2cccc(C)c2n1. The van der Waals surface area contributed by atoms with E-state index in [1.807, 2.05) is 36.5 Å². The van der Waals surface area contributed by atoms with Gasteiger partial charge < -0.3 is 19.9 Å². The van der Waals surface area contributed by atoms with Crippen LogP contribution in [0.5, 0.6) is 0 Å². The van der Waals surface area contributed by atoms with Gasteiger partial charge in [-0.15, -0.1) is 0 Å². The van der Waals surface area contributed by atoms with Crippen LogP contribution < -0.4 is 10.6 Å². The number of carbonyl (C=O) groups excluding carboxylic acids is 1. The standard InChI is InChI=1S/C23H30N6O/c1-17-7-6-14-29-16-20(27-21(17)29)11-13-26-23(24-2)25-12-10-18-8-5-9-19(15-18)22(30)28(3)4/h5-9,14-16H,10-13H2,1-4H3,(H2,24,25,26). The molecule has 0 radical (unpaired) electrons. The number of benzene rings is 1. The van der Waals surface area contributed by atoms with Gasteiger partial charge in [-0.1, -0.05) is 18.2 Å². The van der Waals surface area contributed by atoms with Crippen LogP contribution in [0.1, 0.15) is 27.2 Å². The number of carbonyl (C=O) groups is 1. The van der Waals surface area contributed by atoms with Gasteiger partial charge in [-0.2, -0.15) is 0 Å². The van der Waals surface area contributed by atoms with Crippen molar-refractivity contribution in [3.05, 3.63) is 71.2 Å². The molecule has 0 atom stereocenters. The van der Waals surface area contributed by atoms with E-state index in [0.29, 0.717) is 5.56 Å². The number of aromatic nitrogens is 2. The predicted octanol–water partition coefficient (Wildman–Crippen LogP) is 2.29. The summed E-state index contributed by atoms with van der Waals surface area (Å²) in [5.41, 5.74) is 5.05. The number of amides is 1. The van der Waals surface area contributed by atoms with E-state index in [-0.39, 0.29) is 5.91 Å². The molecule has 0 saturated carbocycles. The van der Waals surface area contributed by atoms with E-state index < -0.39 is 0 Å². The summed E-state index contributed by atoms with van der Waals surface area (Å²) in [6.07, 6.45) is 5.72. The molecule has 0 aliphatic heterocycles. The van der Waals surface area contributed by atoms with Gasteiger partial charge in [0.05, 0.1) is 5.69 Å². The van der Waals surface area contributed by atoms with Gasteiger partial charge in [0, 0.05) is 58.6 Å². The molecule has 0 aliphatic carbocycles. The van der Waals surface area contributed by atoms with Crippen molar-refractivity contribution in [2.75, 3.05) is 34.2 Å². The second kappa shape index (κ2) is 9.91. The molecule has 0 unspecified atom stereocenters. The molecular formula is C23H30N6O. The Morgan fingerprint density at radius 3 is 2.60 bits per heavy atom. The Labute approximate surface area is 177 Å². The number of pyridine rings is 1. The zero-order valence-corrected chi connectivity index (χ0v) is 18.1. The van der Waals surface area contributed by atoms with Crippen LogP contribution in [0.25, 0.3) is 5.65 Å². The molecule has 0 spiro atoms. The van der Waals surface area contributed by atoms with Crippen molar-refractivity contribution in [2.45, 2.75) is 19.8 Å². The molecule has 3 aromatic rings. The Morgan fingerprint density at radius 1 is 1.13 bits per heavy atom. The first kappa shape index (κ1) is 21.4. The van der Waals surface area contributed by atoms with Crippen LogP contribution in [0.2, 0.25) is 0 Å². The average molecular weight is 407 g/mol. The van der Waals surface area contributed by atoms with E-state index in [1.54, 1.807) is 26.0 Å². The number of rotatable bonds is 7. The first-order valence-electron chi connectivity index (χ1n) is 10.2. The van der Waals surface area contributed by atoms with Gasteiger partial charge in [-0.3, -0.25) is 9.79 Å². The van der Waals surface area contributed by atoms with Gasteiger partial charge >= 0.3 is 0 Å². The highest BCUT2D eigenvalue weighted by molar-refractivity contribution is 5.94. The van der Waals surface area contributed by atoms with Gasteiger partial charge in [0.1, 0.15) is 5.65 Å². The van der Waals surface area contributed by atoms with E-state index in [1.165, 1.54) is 5.56 Å². The van der Waals surface area contributed by atoms with Crippen molar-refractivity contribution in [3.63, 3.8) is 0 Å². The lowest BCUT2D eigenvalue weighted by Gasteiger charge is -2.13. The Bertz CT molecular complexity index is 1040. The summed E-state index contributed by atoms with van der Waals surface area (Å²) in [4.78, 5) is 22.7. The topological polar surface area (TPSA) is 74.0 Å². The molecule has 2 heterocycles.